The maximum Gasteiger partial charge on any atom is 0.225 e. The van der Waals surface area contributed by atoms with Gasteiger partial charge in [-0.3, -0.25) is 0 Å². The number of hydrogen-bond acceptors (Lipinski definition) is 9. The number of nitrogens with two attached hydrogens (primary N) is 1. The number of nitrogen functional groups attached to an aromatic ring is 1. The van der Waals surface area contributed by atoms with Gasteiger partial charge in [0.2, 0.25) is 11.8 Å². The third-order valence-electron chi connectivity index (χ3n) is 3.50. The van der Waals surface area contributed by atoms with Crippen LogP contribution in [0.5, 0.6) is 5.88 Å². The molecule has 0 unspecified atom stereocenters. The molecule has 3 N–H and O–H groups in total. The molecule has 2 aromatic heterocycles. The number of hydrogen-bond donors (Lipinski definition) is 2. The molecular formula is C14H19N5O3S. The quantitative estimate of drug-likeness (QED) is 0.813. The summed E-state index contributed by atoms with van der Waals surface area (Å²) < 4.78 is 16.6. The fourth-order valence-corrected chi connectivity index (χ4v) is 2.90. The van der Waals surface area contributed by atoms with Gasteiger partial charge in [0.25, 0.3) is 0 Å². The first-order chi connectivity index (χ1) is 11.2. The van der Waals surface area contributed by atoms with Crippen molar-refractivity contribution in [2.45, 2.75) is 25.2 Å². The summed E-state index contributed by atoms with van der Waals surface area (Å²) in [4.78, 5) is 12.4. The molecule has 0 spiro atoms. The monoisotopic (exact) mass is 337 g/mol. The van der Waals surface area contributed by atoms with Gasteiger partial charge in [-0.25, -0.2) is 4.98 Å². The lowest BCUT2D eigenvalue weighted by atomic mass is 10.1. The predicted octanol–water partition coefficient (Wildman–Crippen LogP) is 1.31. The molecule has 3 rings (SSSR count). The van der Waals surface area contributed by atoms with Gasteiger partial charge in [0.15, 0.2) is 0 Å². The van der Waals surface area contributed by atoms with Crippen molar-refractivity contribution < 1.29 is 14.2 Å². The topological polar surface area (TPSA) is 104 Å². The summed E-state index contributed by atoms with van der Waals surface area (Å²) in [5.41, 5.74) is 8.41. The normalized spacial score (nSPS) is 21.1. The molecule has 1 aliphatic rings. The number of thiazole rings is 1. The minimum Gasteiger partial charge on any atom is -0.481 e. The summed E-state index contributed by atoms with van der Waals surface area (Å²) in [6.07, 6.45) is 0.723. The second-order valence-electron chi connectivity index (χ2n) is 5.10. The van der Waals surface area contributed by atoms with Crippen LogP contribution >= 0.6 is 11.3 Å². The number of nitrogens with one attached hydrogen (secondary N) is 1. The SMILES string of the molecule is COc1cc(N[C@@H]2CCOC[C@H]2OCc2cscn2)nc(N)n1. The van der Waals surface area contributed by atoms with Gasteiger partial charge in [0.1, 0.15) is 11.9 Å². The van der Waals surface area contributed by atoms with Crippen LogP contribution < -0.4 is 15.8 Å². The molecule has 1 saturated heterocycles. The average Bonchev–Trinajstić information content (AvgIpc) is 3.07. The molecule has 1 aliphatic heterocycles. The third kappa shape index (κ3) is 4.27. The van der Waals surface area contributed by atoms with Crippen LogP contribution in [0.3, 0.4) is 0 Å². The molecule has 0 aromatic carbocycles. The van der Waals surface area contributed by atoms with Crippen LogP contribution in [0.1, 0.15) is 12.1 Å². The van der Waals surface area contributed by atoms with Crippen LogP contribution in [0.25, 0.3) is 0 Å². The predicted molar refractivity (Wildman–Crippen MR) is 86.5 cm³/mol. The van der Waals surface area contributed by atoms with E-state index in [1.807, 2.05) is 5.38 Å². The van der Waals surface area contributed by atoms with Gasteiger partial charge in [-0.05, 0) is 6.42 Å². The number of ether oxygens (including phenoxy) is 3. The van der Waals surface area contributed by atoms with Crippen molar-refractivity contribution in [1.82, 2.24) is 15.0 Å². The molecule has 3 heterocycles. The van der Waals surface area contributed by atoms with E-state index in [1.54, 1.807) is 30.0 Å². The van der Waals surface area contributed by atoms with Crippen LogP contribution in [0, 0.1) is 0 Å². The molecule has 2 aromatic rings. The maximum atomic E-state index is 5.95. The van der Waals surface area contributed by atoms with E-state index in [0.29, 0.717) is 31.5 Å². The van der Waals surface area contributed by atoms with Crippen LogP contribution in [0.2, 0.25) is 0 Å². The maximum absolute atomic E-state index is 5.95. The van der Waals surface area contributed by atoms with Crippen molar-refractivity contribution in [2.75, 3.05) is 31.4 Å². The van der Waals surface area contributed by atoms with Crippen molar-refractivity contribution in [1.29, 1.82) is 0 Å². The van der Waals surface area contributed by atoms with Crippen LogP contribution in [-0.2, 0) is 16.1 Å². The lowest BCUT2D eigenvalue weighted by Crippen LogP contribution is -2.43. The van der Waals surface area contributed by atoms with Gasteiger partial charge in [0.05, 0.1) is 37.6 Å². The highest BCUT2D eigenvalue weighted by Gasteiger charge is 2.27. The summed E-state index contributed by atoms with van der Waals surface area (Å²) in [6.45, 7) is 1.66. The number of methoxy groups -OCH3 is 1. The Hall–Kier alpha value is -1.97. The minimum absolute atomic E-state index is 0.0707. The lowest BCUT2D eigenvalue weighted by molar-refractivity contribution is -0.0644. The van der Waals surface area contributed by atoms with E-state index in [9.17, 15) is 0 Å². The van der Waals surface area contributed by atoms with Crippen LogP contribution in [0.4, 0.5) is 11.8 Å². The summed E-state index contributed by atoms with van der Waals surface area (Å²) in [5, 5.41) is 5.32. The van der Waals surface area contributed by atoms with Gasteiger partial charge >= 0.3 is 0 Å². The standard InChI is InChI=1S/C14H19N5O3S/c1-20-13-4-12(18-14(15)19-13)17-10-2-3-21-6-11(10)22-5-9-7-23-8-16-9/h4,7-8,10-11H,2-3,5-6H2,1H3,(H3,15,17,18,19)/t10-,11-/m1/s1. The first kappa shape index (κ1) is 15.9. The minimum atomic E-state index is -0.0902. The van der Waals surface area contributed by atoms with Gasteiger partial charge in [-0.2, -0.15) is 9.97 Å². The fourth-order valence-electron chi connectivity index (χ4n) is 2.35. The highest BCUT2D eigenvalue weighted by atomic mass is 32.1. The Morgan fingerprint density at radius 3 is 3.17 bits per heavy atom. The molecule has 0 amide bonds. The van der Waals surface area contributed by atoms with Crippen LogP contribution in [0.15, 0.2) is 17.0 Å². The molecule has 23 heavy (non-hydrogen) atoms. The number of nitrogens with zero attached hydrogens (tertiary/aromatic N) is 3. The smallest absolute Gasteiger partial charge is 0.225 e. The highest BCUT2D eigenvalue weighted by molar-refractivity contribution is 7.07. The molecule has 8 nitrogen and oxygen atoms in total. The molecule has 2 atom stereocenters. The third-order valence-corrected chi connectivity index (χ3v) is 4.13. The van der Waals surface area contributed by atoms with Crippen molar-refractivity contribution in [3.05, 3.63) is 22.7 Å². The van der Waals surface area contributed by atoms with Gasteiger partial charge in [-0.1, -0.05) is 0 Å². The van der Waals surface area contributed by atoms with Crippen molar-refractivity contribution in [2.24, 2.45) is 0 Å². The zero-order valence-corrected chi connectivity index (χ0v) is 13.6. The average molecular weight is 337 g/mol. The number of rotatable bonds is 6. The van der Waals surface area contributed by atoms with Gasteiger partial charge < -0.3 is 25.3 Å². The van der Waals surface area contributed by atoms with E-state index in [1.165, 1.54) is 0 Å². The molecular weight excluding hydrogens is 318 g/mol. The number of aromatic nitrogens is 3. The van der Waals surface area contributed by atoms with Crippen molar-refractivity contribution in [3.8, 4) is 5.88 Å². The van der Waals surface area contributed by atoms with Crippen molar-refractivity contribution >= 4 is 23.1 Å². The van der Waals surface area contributed by atoms with Gasteiger partial charge in [-0.15, -0.1) is 11.3 Å². The molecule has 0 bridgehead atoms. The Kier molecular flexibility index (Phi) is 5.21. The first-order valence-electron chi connectivity index (χ1n) is 7.26. The Morgan fingerprint density at radius 1 is 1.48 bits per heavy atom. The molecule has 9 heteroatoms. The Balaban J connectivity index is 1.65. The zero-order chi connectivity index (χ0) is 16.1. The van der Waals surface area contributed by atoms with Crippen molar-refractivity contribution in [3.63, 3.8) is 0 Å². The van der Waals surface area contributed by atoms with E-state index in [-0.39, 0.29) is 18.1 Å². The zero-order valence-electron chi connectivity index (χ0n) is 12.8. The Labute approximate surface area is 138 Å². The second-order valence-corrected chi connectivity index (χ2v) is 5.82. The van der Waals surface area contributed by atoms with E-state index in [4.69, 9.17) is 19.9 Å². The summed E-state index contributed by atoms with van der Waals surface area (Å²) in [6, 6.07) is 1.78. The molecule has 1 fully saturated rings. The fraction of sp³-hybridized carbons (Fsp3) is 0.500. The van der Waals surface area contributed by atoms with E-state index in [0.717, 1.165) is 12.1 Å². The second kappa shape index (κ2) is 7.53. The molecule has 0 aliphatic carbocycles. The highest BCUT2D eigenvalue weighted by Crippen LogP contribution is 2.20. The summed E-state index contributed by atoms with van der Waals surface area (Å²) in [5.74, 6) is 1.20. The molecule has 0 saturated carbocycles. The summed E-state index contributed by atoms with van der Waals surface area (Å²) >= 11 is 1.55. The first-order valence-corrected chi connectivity index (χ1v) is 8.20. The Morgan fingerprint density at radius 2 is 2.39 bits per heavy atom. The molecule has 0 radical (unpaired) electrons. The van der Waals surface area contributed by atoms with E-state index < -0.39 is 0 Å². The van der Waals surface area contributed by atoms with E-state index >= 15 is 0 Å². The molecule has 124 valence electrons. The Bertz CT molecular complexity index is 625. The summed E-state index contributed by atoms with van der Waals surface area (Å²) in [7, 11) is 1.54. The van der Waals surface area contributed by atoms with Crippen LogP contribution in [-0.4, -0.2) is 47.4 Å². The van der Waals surface area contributed by atoms with E-state index in [2.05, 4.69) is 20.3 Å². The lowest BCUT2D eigenvalue weighted by Gasteiger charge is -2.32. The van der Waals surface area contributed by atoms with Gasteiger partial charge in [0, 0.05) is 18.1 Å². The number of anilines is 2. The largest absolute Gasteiger partial charge is 0.481 e.